The molecule has 2 aliphatic rings. The van der Waals surface area contributed by atoms with Crippen LogP contribution in [0, 0.1) is 6.92 Å². The highest BCUT2D eigenvalue weighted by atomic mass is 35.5. The van der Waals surface area contributed by atoms with Crippen molar-refractivity contribution in [2.75, 3.05) is 11.9 Å². The number of halogens is 1. The molecule has 2 saturated heterocycles. The van der Waals surface area contributed by atoms with Crippen LogP contribution in [0.25, 0.3) is 0 Å². The molecule has 7 heteroatoms. The topological polar surface area (TPSA) is 82.3 Å². The first-order chi connectivity index (χ1) is 11.1. The lowest BCUT2D eigenvalue weighted by Crippen LogP contribution is -2.50. The molecule has 24 heavy (non-hydrogen) atoms. The van der Waals surface area contributed by atoms with E-state index in [0.29, 0.717) is 12.1 Å². The number of benzene rings is 1. The van der Waals surface area contributed by atoms with E-state index >= 15 is 0 Å². The van der Waals surface area contributed by atoms with E-state index in [1.54, 1.807) is 0 Å². The molecule has 0 radical (unpaired) electrons. The number of carbonyl (C=O) groups is 2. The van der Waals surface area contributed by atoms with Gasteiger partial charge in [0.15, 0.2) is 0 Å². The summed E-state index contributed by atoms with van der Waals surface area (Å²) in [5, 5.41) is 11.9. The van der Waals surface area contributed by atoms with Crippen LogP contribution in [0.2, 0.25) is 0 Å². The first kappa shape index (κ1) is 18.5. The van der Waals surface area contributed by atoms with Crippen molar-refractivity contribution in [1.29, 1.82) is 0 Å². The van der Waals surface area contributed by atoms with Gasteiger partial charge in [0.1, 0.15) is 0 Å². The molecule has 3 rings (SSSR count). The van der Waals surface area contributed by atoms with E-state index in [1.807, 2.05) is 31.2 Å². The van der Waals surface area contributed by atoms with Crippen molar-refractivity contribution in [2.45, 2.75) is 50.7 Å². The third-order valence-corrected chi connectivity index (χ3v) is 4.52. The van der Waals surface area contributed by atoms with Crippen LogP contribution < -0.4 is 21.3 Å². The summed E-state index contributed by atoms with van der Waals surface area (Å²) >= 11 is 0. The zero-order valence-corrected chi connectivity index (χ0v) is 14.6. The number of nitrogens with one attached hydrogen (secondary N) is 4. The fourth-order valence-corrected chi connectivity index (χ4v) is 3.51. The maximum atomic E-state index is 12.0. The minimum absolute atomic E-state index is 0. The lowest BCUT2D eigenvalue weighted by Gasteiger charge is -2.29. The normalized spacial score (nSPS) is 24.6. The van der Waals surface area contributed by atoms with Crippen LogP contribution in [0.5, 0.6) is 0 Å². The molecule has 6 nitrogen and oxygen atoms in total. The Morgan fingerprint density at radius 3 is 2.58 bits per heavy atom. The minimum Gasteiger partial charge on any atom is -0.352 e. The summed E-state index contributed by atoms with van der Waals surface area (Å²) < 4.78 is 0. The molecule has 0 saturated carbocycles. The van der Waals surface area contributed by atoms with Crippen LogP contribution in [0.4, 0.5) is 10.5 Å². The summed E-state index contributed by atoms with van der Waals surface area (Å²) in [5.74, 6) is -0.129. The molecule has 2 bridgehead atoms. The highest BCUT2D eigenvalue weighted by molar-refractivity contribution is 5.92. The minimum atomic E-state index is -0.365. The van der Waals surface area contributed by atoms with Crippen LogP contribution in [-0.2, 0) is 4.79 Å². The van der Waals surface area contributed by atoms with Crippen LogP contribution in [0.1, 0.15) is 31.2 Å². The lowest BCUT2D eigenvalue weighted by atomic mass is 10.00. The van der Waals surface area contributed by atoms with E-state index in [-0.39, 0.29) is 36.9 Å². The number of rotatable bonds is 4. The number of amides is 3. The Balaban J connectivity index is 0.00000208. The van der Waals surface area contributed by atoms with Gasteiger partial charge in [0, 0.05) is 23.8 Å². The summed E-state index contributed by atoms with van der Waals surface area (Å²) in [4.78, 5) is 23.8. The Bertz CT molecular complexity index is 584. The summed E-state index contributed by atoms with van der Waals surface area (Å²) in [7, 11) is 0. The maximum Gasteiger partial charge on any atom is 0.319 e. The molecule has 4 N–H and O–H groups in total. The molecule has 0 aliphatic carbocycles. The van der Waals surface area contributed by atoms with Crippen LogP contribution in [0.3, 0.4) is 0 Å². The van der Waals surface area contributed by atoms with Gasteiger partial charge in [0.25, 0.3) is 0 Å². The fourth-order valence-electron chi connectivity index (χ4n) is 3.51. The summed E-state index contributed by atoms with van der Waals surface area (Å²) in [6.45, 7) is 1.96. The van der Waals surface area contributed by atoms with Gasteiger partial charge < -0.3 is 21.3 Å². The third kappa shape index (κ3) is 5.11. The second kappa shape index (κ2) is 8.35. The second-order valence-corrected chi connectivity index (χ2v) is 6.55. The smallest absolute Gasteiger partial charge is 0.319 e. The highest BCUT2D eigenvalue weighted by Gasteiger charge is 2.33. The van der Waals surface area contributed by atoms with Crippen molar-refractivity contribution in [3.05, 3.63) is 29.8 Å². The predicted molar refractivity (Wildman–Crippen MR) is 96.6 cm³/mol. The van der Waals surface area contributed by atoms with Gasteiger partial charge in [-0.05, 0) is 50.3 Å². The predicted octanol–water partition coefficient (Wildman–Crippen LogP) is 1.94. The monoisotopic (exact) mass is 352 g/mol. The highest BCUT2D eigenvalue weighted by Crippen LogP contribution is 2.26. The number of anilines is 1. The first-order valence-electron chi connectivity index (χ1n) is 8.25. The number of hydrogen-bond donors (Lipinski definition) is 4. The third-order valence-electron chi connectivity index (χ3n) is 4.52. The molecule has 1 aromatic carbocycles. The van der Waals surface area contributed by atoms with Crippen molar-refractivity contribution in [2.24, 2.45) is 0 Å². The Hall–Kier alpha value is -1.79. The van der Waals surface area contributed by atoms with E-state index in [4.69, 9.17) is 0 Å². The van der Waals surface area contributed by atoms with Gasteiger partial charge in [-0.2, -0.15) is 0 Å². The number of urea groups is 1. The van der Waals surface area contributed by atoms with Crippen molar-refractivity contribution in [3.63, 3.8) is 0 Å². The molecule has 3 amide bonds. The molecule has 2 fully saturated rings. The summed E-state index contributed by atoms with van der Waals surface area (Å²) in [5.41, 5.74) is 1.79. The van der Waals surface area contributed by atoms with Gasteiger partial charge in [-0.3, -0.25) is 4.79 Å². The van der Waals surface area contributed by atoms with Gasteiger partial charge >= 0.3 is 6.03 Å². The van der Waals surface area contributed by atoms with E-state index < -0.39 is 0 Å². The molecule has 2 aliphatic heterocycles. The fraction of sp³-hybridized carbons (Fsp3) is 0.529. The van der Waals surface area contributed by atoms with Gasteiger partial charge in [-0.15, -0.1) is 12.4 Å². The number of fused-ring (bicyclic) bond motifs is 2. The van der Waals surface area contributed by atoms with E-state index in [0.717, 1.165) is 24.1 Å². The van der Waals surface area contributed by atoms with Gasteiger partial charge in [0.2, 0.25) is 5.91 Å². The molecule has 0 spiro atoms. The van der Waals surface area contributed by atoms with Crippen molar-refractivity contribution in [3.8, 4) is 0 Å². The zero-order valence-electron chi connectivity index (χ0n) is 13.8. The van der Waals surface area contributed by atoms with E-state index in [2.05, 4.69) is 21.3 Å². The molecule has 2 heterocycles. The van der Waals surface area contributed by atoms with Gasteiger partial charge in [-0.1, -0.05) is 12.1 Å². The van der Waals surface area contributed by atoms with Crippen LogP contribution >= 0.6 is 12.4 Å². The average Bonchev–Trinajstić information content (AvgIpc) is 2.84. The summed E-state index contributed by atoms with van der Waals surface area (Å²) in [6, 6.07) is 8.47. The first-order valence-corrected chi connectivity index (χ1v) is 8.25. The molecule has 2 atom stereocenters. The van der Waals surface area contributed by atoms with Crippen LogP contribution in [0.15, 0.2) is 24.3 Å². The average molecular weight is 353 g/mol. The molecular weight excluding hydrogens is 328 g/mol. The lowest BCUT2D eigenvalue weighted by molar-refractivity contribution is -0.121. The number of aryl methyl sites for hydroxylation is 1. The van der Waals surface area contributed by atoms with Gasteiger partial charge in [0.05, 0.1) is 6.54 Å². The van der Waals surface area contributed by atoms with Crippen molar-refractivity contribution < 1.29 is 9.59 Å². The maximum absolute atomic E-state index is 12.0. The van der Waals surface area contributed by atoms with Gasteiger partial charge in [-0.25, -0.2) is 4.79 Å². The zero-order chi connectivity index (χ0) is 16.2. The standard InChI is InChI=1S/C17H24N4O2.ClH/c1-11-3-2-4-12(7-11)21-17(23)18-10-16(22)20-15-8-13-5-6-14(9-15)19-13;/h2-4,7,13-15,19H,5-6,8-10H2,1H3,(H,20,22)(H2,18,21,23);1H. The second-order valence-electron chi connectivity index (χ2n) is 6.55. The van der Waals surface area contributed by atoms with E-state index in [1.165, 1.54) is 12.8 Å². The number of hydrogen-bond acceptors (Lipinski definition) is 3. The Kier molecular flexibility index (Phi) is 6.45. The molecule has 132 valence electrons. The Labute approximate surface area is 148 Å². The van der Waals surface area contributed by atoms with Crippen molar-refractivity contribution >= 4 is 30.0 Å². The molecule has 0 aromatic heterocycles. The van der Waals surface area contributed by atoms with E-state index in [9.17, 15) is 9.59 Å². The SMILES string of the molecule is Cc1cccc(NC(=O)NCC(=O)NC2CC3CCC(C2)N3)c1.Cl. The molecule has 2 unspecified atom stereocenters. The Morgan fingerprint density at radius 1 is 1.21 bits per heavy atom. The quantitative estimate of drug-likeness (QED) is 0.668. The number of piperidine rings is 1. The largest absolute Gasteiger partial charge is 0.352 e. The molecule has 1 aromatic rings. The summed E-state index contributed by atoms with van der Waals surface area (Å²) in [6.07, 6.45) is 4.37. The van der Waals surface area contributed by atoms with Crippen molar-refractivity contribution in [1.82, 2.24) is 16.0 Å². The Morgan fingerprint density at radius 2 is 1.92 bits per heavy atom. The number of carbonyl (C=O) groups excluding carboxylic acids is 2. The molecular formula is C17H25ClN4O2. The van der Waals surface area contributed by atoms with Crippen LogP contribution in [-0.4, -0.2) is 36.6 Å².